The molecule has 0 radical (unpaired) electrons. The molecule has 0 saturated carbocycles. The fourth-order valence-corrected chi connectivity index (χ4v) is 4.21. The number of hydrogen-bond donors (Lipinski definition) is 1. The van der Waals surface area contributed by atoms with Gasteiger partial charge in [-0.05, 0) is 67.3 Å². The quantitative estimate of drug-likeness (QED) is 0.731. The highest BCUT2D eigenvalue weighted by Crippen LogP contribution is 2.33. The molecule has 112 valence electrons. The van der Waals surface area contributed by atoms with E-state index in [-0.39, 0.29) is 0 Å². The van der Waals surface area contributed by atoms with Gasteiger partial charge in [-0.3, -0.25) is 0 Å². The first kappa shape index (κ1) is 16.5. The molecule has 1 aromatic rings. The molecule has 0 bridgehead atoms. The van der Waals surface area contributed by atoms with Gasteiger partial charge in [0.2, 0.25) is 0 Å². The zero-order chi connectivity index (χ0) is 14.4. The Kier molecular flexibility index (Phi) is 7.03. The van der Waals surface area contributed by atoms with E-state index in [4.69, 9.17) is 23.2 Å². The van der Waals surface area contributed by atoms with Crippen LogP contribution >= 0.6 is 35.0 Å². The molecule has 0 spiro atoms. The molecule has 1 aliphatic heterocycles. The monoisotopic (exact) mass is 331 g/mol. The lowest BCUT2D eigenvalue weighted by Crippen LogP contribution is -2.26. The molecular weight excluding hydrogens is 309 g/mol. The molecule has 0 amide bonds. The van der Waals surface area contributed by atoms with Gasteiger partial charge in [0.05, 0.1) is 10.0 Å². The van der Waals surface area contributed by atoms with E-state index in [1.54, 1.807) is 0 Å². The minimum atomic E-state index is 0.401. The van der Waals surface area contributed by atoms with Gasteiger partial charge < -0.3 is 5.32 Å². The Morgan fingerprint density at radius 3 is 2.65 bits per heavy atom. The maximum absolute atomic E-state index is 6.17. The minimum absolute atomic E-state index is 0.401. The van der Waals surface area contributed by atoms with Crippen molar-refractivity contribution in [1.82, 2.24) is 5.32 Å². The van der Waals surface area contributed by atoms with Crippen LogP contribution in [0.2, 0.25) is 10.0 Å². The maximum Gasteiger partial charge on any atom is 0.0595 e. The Bertz CT molecular complexity index is 419. The second-order valence-electron chi connectivity index (χ2n) is 5.47. The van der Waals surface area contributed by atoms with Crippen molar-refractivity contribution in [2.45, 2.75) is 38.6 Å². The Balaban J connectivity index is 2.06. The van der Waals surface area contributed by atoms with Crippen LogP contribution in [-0.4, -0.2) is 18.1 Å². The van der Waals surface area contributed by atoms with Crippen molar-refractivity contribution in [3.05, 3.63) is 33.8 Å². The Labute approximate surface area is 136 Å². The van der Waals surface area contributed by atoms with Crippen molar-refractivity contribution in [2.75, 3.05) is 18.1 Å². The van der Waals surface area contributed by atoms with Crippen molar-refractivity contribution in [3.63, 3.8) is 0 Å². The normalized spacial score (nSPS) is 18.1. The van der Waals surface area contributed by atoms with Crippen molar-refractivity contribution in [1.29, 1.82) is 0 Å². The summed E-state index contributed by atoms with van der Waals surface area (Å²) in [5, 5.41) is 4.97. The number of nitrogens with one attached hydrogen (secondary N) is 1. The summed E-state index contributed by atoms with van der Waals surface area (Å²) in [4.78, 5) is 0. The van der Waals surface area contributed by atoms with Gasteiger partial charge in [0, 0.05) is 6.04 Å². The van der Waals surface area contributed by atoms with Gasteiger partial charge in [-0.25, -0.2) is 0 Å². The smallest absolute Gasteiger partial charge is 0.0595 e. The molecule has 1 fully saturated rings. The van der Waals surface area contributed by atoms with Crippen molar-refractivity contribution in [3.8, 4) is 0 Å². The summed E-state index contributed by atoms with van der Waals surface area (Å²) in [5.41, 5.74) is 1.27. The number of hydrogen-bond acceptors (Lipinski definition) is 2. The average molecular weight is 332 g/mol. The molecule has 1 atom stereocenters. The van der Waals surface area contributed by atoms with E-state index < -0.39 is 0 Å². The van der Waals surface area contributed by atoms with E-state index >= 15 is 0 Å². The van der Waals surface area contributed by atoms with Crippen LogP contribution < -0.4 is 5.32 Å². The van der Waals surface area contributed by atoms with Crippen LogP contribution in [0.15, 0.2) is 18.2 Å². The van der Waals surface area contributed by atoms with Crippen LogP contribution in [0.3, 0.4) is 0 Å². The molecule has 1 heterocycles. The van der Waals surface area contributed by atoms with Gasteiger partial charge in [-0.2, -0.15) is 11.8 Å². The van der Waals surface area contributed by atoms with E-state index in [1.807, 2.05) is 12.1 Å². The molecule has 1 N–H and O–H groups in total. The highest BCUT2D eigenvalue weighted by Gasteiger charge is 2.20. The molecule has 1 saturated heterocycles. The fraction of sp³-hybridized carbons (Fsp3) is 0.625. The molecule has 1 unspecified atom stereocenters. The number of halogens is 2. The second-order valence-corrected chi connectivity index (χ2v) is 7.51. The first-order chi connectivity index (χ1) is 9.70. The third kappa shape index (κ3) is 4.84. The van der Waals surface area contributed by atoms with Crippen LogP contribution in [0.1, 0.15) is 44.2 Å². The average Bonchev–Trinajstić information content (AvgIpc) is 2.47. The standard InChI is InChI=1S/C16H23Cl2NS/c1-2-7-19-16(10-12-5-8-20-9-6-12)13-3-4-14(17)15(18)11-13/h3-4,11-12,16,19H,2,5-10H2,1H3. The highest BCUT2D eigenvalue weighted by molar-refractivity contribution is 7.99. The molecule has 1 nitrogen and oxygen atoms in total. The molecule has 0 aliphatic carbocycles. The summed E-state index contributed by atoms with van der Waals surface area (Å²) >= 11 is 14.3. The van der Waals surface area contributed by atoms with Crippen molar-refractivity contribution < 1.29 is 0 Å². The first-order valence-corrected chi connectivity index (χ1v) is 9.37. The molecular formula is C16H23Cl2NS. The molecule has 0 aromatic heterocycles. The van der Waals surface area contributed by atoms with Gasteiger partial charge >= 0.3 is 0 Å². The van der Waals surface area contributed by atoms with E-state index in [0.717, 1.165) is 18.9 Å². The minimum Gasteiger partial charge on any atom is -0.310 e. The lowest BCUT2D eigenvalue weighted by atomic mass is 9.90. The van der Waals surface area contributed by atoms with Crippen LogP contribution in [0, 0.1) is 5.92 Å². The zero-order valence-electron chi connectivity index (χ0n) is 12.0. The van der Waals surface area contributed by atoms with Crippen LogP contribution in [0.4, 0.5) is 0 Å². The largest absolute Gasteiger partial charge is 0.310 e. The summed E-state index contributed by atoms with van der Waals surface area (Å²) in [5.74, 6) is 3.46. The van der Waals surface area contributed by atoms with Gasteiger partial charge in [0.15, 0.2) is 0 Å². The van der Waals surface area contributed by atoms with E-state index in [9.17, 15) is 0 Å². The van der Waals surface area contributed by atoms with Crippen molar-refractivity contribution in [2.24, 2.45) is 5.92 Å². The Morgan fingerprint density at radius 1 is 1.25 bits per heavy atom. The molecule has 2 rings (SSSR count). The van der Waals surface area contributed by atoms with E-state index in [0.29, 0.717) is 16.1 Å². The summed E-state index contributed by atoms with van der Waals surface area (Å²) in [7, 11) is 0. The molecule has 4 heteroatoms. The lowest BCUT2D eigenvalue weighted by molar-refractivity contribution is 0.370. The number of thioether (sulfide) groups is 1. The Morgan fingerprint density at radius 2 is 2.00 bits per heavy atom. The zero-order valence-corrected chi connectivity index (χ0v) is 14.3. The van der Waals surface area contributed by atoms with E-state index in [1.165, 1.54) is 36.3 Å². The van der Waals surface area contributed by atoms with E-state index in [2.05, 4.69) is 30.1 Å². The Hall–Kier alpha value is 0.110. The van der Waals surface area contributed by atoms with Gasteiger partial charge in [0.25, 0.3) is 0 Å². The summed E-state index contributed by atoms with van der Waals surface area (Å²) in [6.45, 7) is 3.25. The van der Waals surface area contributed by atoms with Crippen LogP contribution in [0.5, 0.6) is 0 Å². The number of rotatable bonds is 6. The van der Waals surface area contributed by atoms with Gasteiger partial charge in [-0.15, -0.1) is 0 Å². The lowest BCUT2D eigenvalue weighted by Gasteiger charge is -2.27. The summed E-state index contributed by atoms with van der Waals surface area (Å²) in [6.07, 6.45) is 5.05. The topological polar surface area (TPSA) is 12.0 Å². The fourth-order valence-electron chi connectivity index (χ4n) is 2.70. The second kappa shape index (κ2) is 8.53. The molecule has 1 aromatic carbocycles. The third-order valence-electron chi connectivity index (χ3n) is 3.90. The molecule has 1 aliphatic rings. The van der Waals surface area contributed by atoms with Gasteiger partial charge in [-0.1, -0.05) is 36.2 Å². The van der Waals surface area contributed by atoms with Gasteiger partial charge in [0.1, 0.15) is 0 Å². The predicted molar refractivity (Wildman–Crippen MR) is 92.2 cm³/mol. The number of benzene rings is 1. The highest BCUT2D eigenvalue weighted by atomic mass is 35.5. The first-order valence-electron chi connectivity index (χ1n) is 7.46. The third-order valence-corrected chi connectivity index (χ3v) is 5.68. The maximum atomic E-state index is 6.17. The SMILES string of the molecule is CCCNC(CC1CCSCC1)c1ccc(Cl)c(Cl)c1. The van der Waals surface area contributed by atoms with Crippen molar-refractivity contribution >= 4 is 35.0 Å². The predicted octanol–water partition coefficient (Wildman–Crippen LogP) is 5.57. The van der Waals surface area contributed by atoms with Crippen LogP contribution in [-0.2, 0) is 0 Å². The summed E-state index contributed by atoms with van der Waals surface area (Å²) in [6, 6.07) is 6.45. The van der Waals surface area contributed by atoms with Crippen LogP contribution in [0.25, 0.3) is 0 Å². The molecule has 20 heavy (non-hydrogen) atoms. The summed E-state index contributed by atoms with van der Waals surface area (Å²) < 4.78 is 0.